The fraction of sp³-hybridized carbons (Fsp3) is 0.111. The van der Waals surface area contributed by atoms with E-state index in [0.29, 0.717) is 11.4 Å². The molecule has 4 aromatic rings. The Balaban J connectivity index is 1.55. The number of carbonyl (C=O) groups is 1. The molecule has 1 aliphatic heterocycles. The van der Waals surface area contributed by atoms with Crippen LogP contribution in [0.2, 0.25) is 0 Å². The topological polar surface area (TPSA) is 68.2 Å². The molecule has 0 radical (unpaired) electrons. The number of methoxy groups -OCH3 is 1. The first-order valence-corrected chi connectivity index (χ1v) is 10.8. The second kappa shape index (κ2) is 8.67. The van der Waals surface area contributed by atoms with Crippen molar-refractivity contribution in [3.63, 3.8) is 0 Å². The lowest BCUT2D eigenvalue weighted by atomic mass is 10.0. The molecule has 6 nitrogen and oxygen atoms in total. The Kier molecular flexibility index (Phi) is 5.40. The smallest absolute Gasteiger partial charge is 0.261 e. The summed E-state index contributed by atoms with van der Waals surface area (Å²) in [6, 6.07) is 25.5. The van der Waals surface area contributed by atoms with E-state index in [-0.39, 0.29) is 11.9 Å². The number of amides is 1. The Labute approximate surface area is 192 Å². The van der Waals surface area contributed by atoms with Crippen LogP contribution >= 0.6 is 0 Å². The van der Waals surface area contributed by atoms with Crippen molar-refractivity contribution >= 4 is 23.1 Å². The maximum absolute atomic E-state index is 13.2. The Hall–Kier alpha value is -4.32. The standard InChI is InChI=1S/C27H24N4O2/c1-18-11-13-21(14-12-18)29-27(32)23-17-28-31-25(19-7-4-3-5-8-19)16-24(30-26(23)31)20-9-6-10-22(15-20)33-2/h3-17,25,30H,1-2H3,(H,29,32)/t25-/m0/s1. The molecular formula is C27H24N4O2. The maximum Gasteiger partial charge on any atom is 0.261 e. The van der Waals surface area contributed by atoms with Gasteiger partial charge in [0.05, 0.1) is 19.3 Å². The molecule has 3 aromatic carbocycles. The molecule has 1 aliphatic rings. The second-order valence-corrected chi connectivity index (χ2v) is 7.96. The number of nitrogens with zero attached hydrogens (tertiary/aromatic N) is 2. The van der Waals surface area contributed by atoms with E-state index in [4.69, 9.17) is 4.74 Å². The summed E-state index contributed by atoms with van der Waals surface area (Å²) in [5.41, 5.74) is 5.29. The van der Waals surface area contributed by atoms with Gasteiger partial charge in [0.25, 0.3) is 5.91 Å². The molecule has 0 saturated heterocycles. The molecule has 0 fully saturated rings. The SMILES string of the molecule is COc1cccc(C2=C[C@@H](c3ccccc3)n3ncc(C(=O)Nc4ccc(C)cc4)c3N2)c1. The molecule has 164 valence electrons. The van der Waals surface area contributed by atoms with Crippen molar-refractivity contribution in [1.29, 1.82) is 0 Å². The van der Waals surface area contributed by atoms with Crippen LogP contribution in [0.4, 0.5) is 11.5 Å². The monoisotopic (exact) mass is 436 g/mol. The average molecular weight is 437 g/mol. The first-order valence-electron chi connectivity index (χ1n) is 10.8. The highest BCUT2D eigenvalue weighted by Gasteiger charge is 2.28. The van der Waals surface area contributed by atoms with Gasteiger partial charge in [0.15, 0.2) is 0 Å². The quantitative estimate of drug-likeness (QED) is 0.433. The number of ether oxygens (including phenoxy) is 1. The van der Waals surface area contributed by atoms with Gasteiger partial charge >= 0.3 is 0 Å². The summed E-state index contributed by atoms with van der Waals surface area (Å²) in [5, 5.41) is 11.0. The van der Waals surface area contributed by atoms with Gasteiger partial charge in [0.2, 0.25) is 0 Å². The zero-order valence-electron chi connectivity index (χ0n) is 18.4. The number of aromatic nitrogens is 2. The Morgan fingerprint density at radius 2 is 1.82 bits per heavy atom. The average Bonchev–Trinajstić information content (AvgIpc) is 3.30. The summed E-state index contributed by atoms with van der Waals surface area (Å²) >= 11 is 0. The van der Waals surface area contributed by atoms with E-state index in [0.717, 1.165) is 33.8 Å². The third-order valence-electron chi connectivity index (χ3n) is 5.71. The maximum atomic E-state index is 13.2. The van der Waals surface area contributed by atoms with Gasteiger partial charge < -0.3 is 15.4 Å². The van der Waals surface area contributed by atoms with Gasteiger partial charge in [-0.05, 0) is 42.8 Å². The zero-order chi connectivity index (χ0) is 22.8. The van der Waals surface area contributed by atoms with E-state index in [1.54, 1.807) is 13.3 Å². The number of benzene rings is 3. The van der Waals surface area contributed by atoms with E-state index in [9.17, 15) is 4.79 Å². The molecule has 0 spiro atoms. The first-order chi connectivity index (χ1) is 16.1. The molecule has 1 aromatic heterocycles. The lowest BCUT2D eigenvalue weighted by Gasteiger charge is -2.26. The van der Waals surface area contributed by atoms with Crippen molar-refractivity contribution in [2.45, 2.75) is 13.0 Å². The van der Waals surface area contributed by atoms with Crippen molar-refractivity contribution in [3.8, 4) is 5.75 Å². The highest BCUT2D eigenvalue weighted by atomic mass is 16.5. The number of aryl methyl sites for hydroxylation is 1. The van der Waals surface area contributed by atoms with E-state index < -0.39 is 0 Å². The summed E-state index contributed by atoms with van der Waals surface area (Å²) in [5.74, 6) is 1.20. The lowest BCUT2D eigenvalue weighted by Crippen LogP contribution is -2.22. The molecule has 0 saturated carbocycles. The minimum absolute atomic E-state index is 0.162. The third kappa shape index (κ3) is 4.11. The minimum Gasteiger partial charge on any atom is -0.497 e. The van der Waals surface area contributed by atoms with Crippen LogP contribution in [0.5, 0.6) is 5.75 Å². The molecule has 2 heterocycles. The van der Waals surface area contributed by atoms with Gasteiger partial charge in [-0.3, -0.25) is 4.79 Å². The van der Waals surface area contributed by atoms with Crippen LogP contribution in [0.1, 0.15) is 33.1 Å². The Morgan fingerprint density at radius 1 is 1.03 bits per heavy atom. The van der Waals surface area contributed by atoms with Gasteiger partial charge in [0, 0.05) is 16.9 Å². The summed E-state index contributed by atoms with van der Waals surface area (Å²) in [6.45, 7) is 2.01. The van der Waals surface area contributed by atoms with E-state index in [2.05, 4.69) is 33.9 Å². The normalized spacial score (nSPS) is 14.6. The molecule has 6 heteroatoms. The fourth-order valence-electron chi connectivity index (χ4n) is 3.94. The summed E-state index contributed by atoms with van der Waals surface area (Å²) in [7, 11) is 1.65. The predicted octanol–water partition coefficient (Wildman–Crippen LogP) is 5.51. The number of hydrogen-bond acceptors (Lipinski definition) is 4. The molecule has 0 bridgehead atoms. The molecule has 0 unspecified atom stereocenters. The van der Waals surface area contributed by atoms with E-state index in [1.165, 1.54) is 0 Å². The van der Waals surface area contributed by atoms with E-state index >= 15 is 0 Å². The molecule has 33 heavy (non-hydrogen) atoms. The van der Waals surface area contributed by atoms with Gasteiger partial charge in [-0.1, -0.05) is 60.2 Å². The summed E-state index contributed by atoms with van der Waals surface area (Å²) < 4.78 is 7.26. The number of allylic oxidation sites excluding steroid dienone is 1. The van der Waals surface area contributed by atoms with Gasteiger partial charge in [-0.25, -0.2) is 4.68 Å². The fourth-order valence-corrected chi connectivity index (χ4v) is 3.94. The van der Waals surface area contributed by atoms with Crippen LogP contribution in [0.3, 0.4) is 0 Å². The van der Waals surface area contributed by atoms with Crippen LogP contribution in [0.15, 0.2) is 91.1 Å². The van der Waals surface area contributed by atoms with Crippen LogP contribution in [-0.4, -0.2) is 22.8 Å². The second-order valence-electron chi connectivity index (χ2n) is 7.96. The molecule has 5 rings (SSSR count). The van der Waals surface area contributed by atoms with Crippen LogP contribution in [-0.2, 0) is 0 Å². The highest BCUT2D eigenvalue weighted by Crippen LogP contribution is 2.36. The van der Waals surface area contributed by atoms with Gasteiger partial charge in [0.1, 0.15) is 17.1 Å². The van der Waals surface area contributed by atoms with Crippen molar-refractivity contribution in [2.75, 3.05) is 17.7 Å². The predicted molar refractivity (Wildman–Crippen MR) is 131 cm³/mol. The number of nitrogens with one attached hydrogen (secondary N) is 2. The summed E-state index contributed by atoms with van der Waals surface area (Å²) in [4.78, 5) is 13.2. The summed E-state index contributed by atoms with van der Waals surface area (Å²) in [6.07, 6.45) is 3.73. The van der Waals surface area contributed by atoms with Crippen molar-refractivity contribution < 1.29 is 9.53 Å². The van der Waals surface area contributed by atoms with Crippen LogP contribution < -0.4 is 15.4 Å². The largest absolute Gasteiger partial charge is 0.497 e. The molecular weight excluding hydrogens is 412 g/mol. The molecule has 1 atom stereocenters. The molecule has 0 aliphatic carbocycles. The number of fused-ring (bicyclic) bond motifs is 1. The highest BCUT2D eigenvalue weighted by molar-refractivity contribution is 6.08. The van der Waals surface area contributed by atoms with Gasteiger partial charge in [-0.15, -0.1) is 0 Å². The molecule has 2 N–H and O–H groups in total. The van der Waals surface area contributed by atoms with Crippen LogP contribution in [0, 0.1) is 6.92 Å². The van der Waals surface area contributed by atoms with Crippen molar-refractivity contribution in [2.24, 2.45) is 0 Å². The third-order valence-corrected chi connectivity index (χ3v) is 5.71. The first kappa shape index (κ1) is 20.6. The number of rotatable bonds is 5. The molecule has 1 amide bonds. The number of hydrogen-bond donors (Lipinski definition) is 2. The van der Waals surface area contributed by atoms with Gasteiger partial charge in [-0.2, -0.15) is 5.10 Å². The number of anilines is 2. The minimum atomic E-state index is -0.216. The lowest BCUT2D eigenvalue weighted by molar-refractivity contribution is 0.102. The zero-order valence-corrected chi connectivity index (χ0v) is 18.4. The van der Waals surface area contributed by atoms with E-state index in [1.807, 2.05) is 78.3 Å². The Morgan fingerprint density at radius 3 is 2.58 bits per heavy atom. The number of carbonyl (C=O) groups excluding carboxylic acids is 1. The van der Waals surface area contributed by atoms with Crippen LogP contribution in [0.25, 0.3) is 5.70 Å². The van der Waals surface area contributed by atoms with Crippen molar-refractivity contribution in [1.82, 2.24) is 9.78 Å². The Bertz CT molecular complexity index is 1320. The van der Waals surface area contributed by atoms with Crippen molar-refractivity contribution in [3.05, 3.63) is 113 Å².